The first-order valence-electron chi connectivity index (χ1n) is 5.75. The molecular weight excluding hydrogens is 272 g/mol. The number of carboxylic acid groups (broad SMARTS) is 1. The van der Waals surface area contributed by atoms with Gasteiger partial charge in [0.25, 0.3) is 0 Å². The average Bonchev–Trinajstić information content (AvgIpc) is 2.87. The van der Waals surface area contributed by atoms with Crippen LogP contribution in [0.2, 0.25) is 0 Å². The highest BCUT2D eigenvalue weighted by Crippen LogP contribution is 2.18. The monoisotopic (exact) mass is 286 g/mol. The van der Waals surface area contributed by atoms with E-state index in [1.165, 1.54) is 4.57 Å². The van der Waals surface area contributed by atoms with Crippen molar-refractivity contribution in [3.05, 3.63) is 20.7 Å². The first-order valence-corrected chi connectivity index (χ1v) is 6.63. The van der Waals surface area contributed by atoms with E-state index in [2.05, 4.69) is 0 Å². The summed E-state index contributed by atoms with van der Waals surface area (Å²) < 4.78 is 1.30. The zero-order chi connectivity index (χ0) is 14.2. The van der Waals surface area contributed by atoms with Crippen molar-refractivity contribution in [1.29, 1.82) is 0 Å². The number of hydrogen-bond acceptors (Lipinski definition) is 5. The largest absolute Gasteiger partial charge is 0.480 e. The Labute approximate surface area is 112 Å². The molecule has 0 aliphatic carbocycles. The molecule has 19 heavy (non-hydrogen) atoms. The quantitative estimate of drug-likeness (QED) is 0.762. The molecule has 0 bridgehead atoms. The van der Waals surface area contributed by atoms with Crippen molar-refractivity contribution >= 4 is 23.2 Å². The van der Waals surface area contributed by atoms with Crippen LogP contribution >= 0.6 is 11.3 Å². The number of aliphatic carboxylic acids is 1. The third-order valence-electron chi connectivity index (χ3n) is 3.15. The van der Waals surface area contributed by atoms with Crippen LogP contribution in [0, 0.1) is 6.92 Å². The van der Waals surface area contributed by atoms with Crippen molar-refractivity contribution in [1.82, 2.24) is 9.47 Å². The van der Waals surface area contributed by atoms with Crippen LogP contribution in [-0.4, -0.2) is 50.2 Å². The number of likely N-dealkylation sites (tertiary alicyclic amines) is 1. The summed E-state index contributed by atoms with van der Waals surface area (Å²) in [5, 5.41) is 20.1. The molecule has 0 aromatic carbocycles. The second-order valence-electron chi connectivity index (χ2n) is 4.52. The number of nitrogens with zero attached hydrogens (tertiary/aromatic N) is 2. The molecular formula is C11H14N2O5S. The van der Waals surface area contributed by atoms with Gasteiger partial charge in [-0.1, -0.05) is 11.3 Å². The number of hydrogen-bond donors (Lipinski definition) is 2. The van der Waals surface area contributed by atoms with Gasteiger partial charge in [0.15, 0.2) is 0 Å². The van der Waals surface area contributed by atoms with Crippen molar-refractivity contribution in [2.45, 2.75) is 32.0 Å². The smallest absolute Gasteiger partial charge is 0.326 e. The number of β-amino-alcohol motifs (C(OH)–C–C–N with tert-alkyl or cyclic N) is 1. The molecule has 1 aromatic heterocycles. The van der Waals surface area contributed by atoms with Crippen LogP contribution in [0.15, 0.2) is 10.2 Å². The van der Waals surface area contributed by atoms with E-state index in [1.807, 2.05) is 0 Å². The number of rotatable bonds is 3. The minimum Gasteiger partial charge on any atom is -0.480 e. The summed E-state index contributed by atoms with van der Waals surface area (Å²) in [4.78, 5) is 35.5. The Morgan fingerprint density at radius 3 is 2.74 bits per heavy atom. The molecule has 8 heteroatoms. The van der Waals surface area contributed by atoms with E-state index in [4.69, 9.17) is 5.11 Å². The van der Waals surface area contributed by atoms with Gasteiger partial charge >= 0.3 is 10.8 Å². The summed E-state index contributed by atoms with van der Waals surface area (Å²) in [7, 11) is 0. The normalized spacial score (nSPS) is 22.7. The Balaban J connectivity index is 2.16. The van der Waals surface area contributed by atoms with E-state index in [9.17, 15) is 19.5 Å². The molecule has 2 heterocycles. The van der Waals surface area contributed by atoms with Crippen LogP contribution in [-0.2, 0) is 16.1 Å². The minimum atomic E-state index is -1.14. The fourth-order valence-corrected chi connectivity index (χ4v) is 2.88. The maximum atomic E-state index is 12.1. The fraction of sp³-hybridized carbons (Fsp3) is 0.545. The second-order valence-corrected chi connectivity index (χ2v) is 5.34. The number of carboxylic acids is 1. The molecule has 2 rings (SSSR count). The van der Waals surface area contributed by atoms with Gasteiger partial charge in [-0.05, 0) is 6.92 Å². The lowest BCUT2D eigenvalue weighted by Crippen LogP contribution is -2.43. The number of aryl methyl sites for hydroxylation is 1. The summed E-state index contributed by atoms with van der Waals surface area (Å²) in [5.74, 6) is -1.60. The van der Waals surface area contributed by atoms with Crippen LogP contribution in [0.25, 0.3) is 0 Å². The average molecular weight is 286 g/mol. The van der Waals surface area contributed by atoms with Gasteiger partial charge in [0, 0.05) is 24.0 Å². The number of thiazole rings is 1. The molecule has 1 aliphatic heterocycles. The number of aliphatic hydroxyl groups excluding tert-OH is 1. The molecule has 7 nitrogen and oxygen atoms in total. The minimum absolute atomic E-state index is 0.00622. The maximum Gasteiger partial charge on any atom is 0.326 e. The number of carbonyl (C=O) groups excluding carboxylic acids is 1. The molecule has 2 atom stereocenters. The Morgan fingerprint density at radius 2 is 2.21 bits per heavy atom. The van der Waals surface area contributed by atoms with Crippen LogP contribution in [0.4, 0.5) is 0 Å². The van der Waals surface area contributed by atoms with Gasteiger partial charge in [-0.25, -0.2) is 4.79 Å². The van der Waals surface area contributed by atoms with Gasteiger partial charge < -0.3 is 15.1 Å². The lowest BCUT2D eigenvalue weighted by molar-refractivity contribution is -0.148. The van der Waals surface area contributed by atoms with Crippen LogP contribution in [0.3, 0.4) is 0 Å². The third kappa shape index (κ3) is 2.69. The lowest BCUT2D eigenvalue weighted by atomic mass is 10.2. The summed E-state index contributed by atoms with van der Waals surface area (Å²) in [5.41, 5.74) is 0.662. The third-order valence-corrected chi connectivity index (χ3v) is 4.04. The zero-order valence-corrected chi connectivity index (χ0v) is 11.1. The first-order chi connectivity index (χ1) is 8.90. The number of aliphatic hydroxyl groups is 1. The van der Waals surface area contributed by atoms with Crippen LogP contribution < -0.4 is 4.87 Å². The molecule has 1 aliphatic rings. The van der Waals surface area contributed by atoms with Crippen LogP contribution in [0.1, 0.15) is 12.1 Å². The van der Waals surface area contributed by atoms with E-state index in [0.717, 1.165) is 16.2 Å². The number of amides is 1. The standard InChI is InChI=1S/C11H14N2O5S/c1-6-5-19-11(18)12(6)4-9(15)13-3-7(14)2-8(13)10(16)17/h5,7-8,14H,2-4H2,1H3,(H,16,17). The van der Waals surface area contributed by atoms with E-state index in [-0.39, 0.29) is 24.4 Å². The first kappa shape index (κ1) is 13.8. The van der Waals surface area contributed by atoms with Gasteiger partial charge in [0.1, 0.15) is 12.6 Å². The highest BCUT2D eigenvalue weighted by Gasteiger charge is 2.38. The Hall–Kier alpha value is -1.67. The molecule has 0 radical (unpaired) electrons. The fourth-order valence-electron chi connectivity index (χ4n) is 2.15. The molecule has 0 spiro atoms. The molecule has 104 valence electrons. The van der Waals surface area contributed by atoms with Crippen molar-refractivity contribution in [3.8, 4) is 0 Å². The summed E-state index contributed by atoms with van der Waals surface area (Å²) in [6, 6.07) is -1.02. The van der Waals surface area contributed by atoms with Crippen molar-refractivity contribution < 1.29 is 19.8 Å². The topological polar surface area (TPSA) is 99.8 Å². The summed E-state index contributed by atoms with van der Waals surface area (Å²) in [6.45, 7) is 1.51. The van der Waals surface area contributed by atoms with Gasteiger partial charge in [0.2, 0.25) is 5.91 Å². The highest BCUT2D eigenvalue weighted by molar-refractivity contribution is 7.07. The number of carbonyl (C=O) groups is 2. The SMILES string of the molecule is Cc1csc(=O)n1CC(=O)N1CC(O)CC1C(=O)O. The number of aromatic nitrogens is 1. The van der Waals surface area contributed by atoms with Crippen molar-refractivity contribution in [2.75, 3.05) is 6.54 Å². The van der Waals surface area contributed by atoms with Crippen molar-refractivity contribution in [2.24, 2.45) is 0 Å². The van der Waals surface area contributed by atoms with Crippen LogP contribution in [0.5, 0.6) is 0 Å². The second kappa shape index (κ2) is 5.14. The van der Waals surface area contributed by atoms with E-state index >= 15 is 0 Å². The maximum absolute atomic E-state index is 12.1. The van der Waals surface area contributed by atoms with E-state index < -0.39 is 24.0 Å². The predicted molar refractivity (Wildman–Crippen MR) is 67.1 cm³/mol. The molecule has 2 N–H and O–H groups in total. The van der Waals surface area contributed by atoms with Gasteiger partial charge in [-0.3, -0.25) is 14.2 Å². The van der Waals surface area contributed by atoms with E-state index in [0.29, 0.717) is 5.69 Å². The Bertz CT molecular complexity index is 564. The van der Waals surface area contributed by atoms with Gasteiger partial charge in [-0.15, -0.1) is 0 Å². The van der Waals surface area contributed by atoms with Gasteiger partial charge in [-0.2, -0.15) is 0 Å². The summed E-state index contributed by atoms with van der Waals surface area (Å²) >= 11 is 0.994. The molecule has 1 amide bonds. The highest BCUT2D eigenvalue weighted by atomic mass is 32.1. The molecule has 2 unspecified atom stereocenters. The molecule has 0 saturated carbocycles. The molecule has 1 fully saturated rings. The summed E-state index contributed by atoms with van der Waals surface area (Å²) in [6.07, 6.45) is -0.802. The Morgan fingerprint density at radius 1 is 1.53 bits per heavy atom. The Kier molecular flexibility index (Phi) is 3.72. The van der Waals surface area contributed by atoms with E-state index in [1.54, 1.807) is 12.3 Å². The molecule has 1 aromatic rings. The lowest BCUT2D eigenvalue weighted by Gasteiger charge is -2.21. The zero-order valence-electron chi connectivity index (χ0n) is 10.3. The predicted octanol–water partition coefficient (Wildman–Crippen LogP) is -0.735. The molecule has 1 saturated heterocycles. The van der Waals surface area contributed by atoms with Crippen molar-refractivity contribution in [3.63, 3.8) is 0 Å². The van der Waals surface area contributed by atoms with Gasteiger partial charge in [0.05, 0.1) is 6.10 Å².